The number of rotatable bonds is 5. The zero-order chi connectivity index (χ0) is 20.2. The number of nitrogen functional groups attached to an aromatic ring is 1. The molecule has 7 heteroatoms. The van der Waals surface area contributed by atoms with E-state index >= 15 is 0 Å². The van der Waals surface area contributed by atoms with Gasteiger partial charge in [0.2, 0.25) is 5.91 Å². The van der Waals surface area contributed by atoms with Crippen LogP contribution in [0.15, 0.2) is 48.5 Å². The number of hydrogen-bond donors (Lipinski definition) is 2. The first kappa shape index (κ1) is 25.3. The van der Waals surface area contributed by atoms with E-state index in [0.717, 1.165) is 63.2 Å². The lowest BCUT2D eigenvalue weighted by atomic mass is 9.98. The molecule has 2 aliphatic heterocycles. The van der Waals surface area contributed by atoms with E-state index in [2.05, 4.69) is 51.5 Å². The number of nitrogens with two attached hydrogens (primary N) is 1. The summed E-state index contributed by atoms with van der Waals surface area (Å²) in [6, 6.07) is 16.7. The highest BCUT2D eigenvalue weighted by Crippen LogP contribution is 2.32. The molecule has 170 valence electrons. The molecule has 0 bridgehead atoms. The van der Waals surface area contributed by atoms with E-state index in [1.807, 2.05) is 19.1 Å². The first-order valence-electron chi connectivity index (χ1n) is 10.8. The van der Waals surface area contributed by atoms with Gasteiger partial charge in [-0.2, -0.15) is 0 Å². The molecule has 0 spiro atoms. The highest BCUT2D eigenvalue weighted by molar-refractivity contribution is 5.86. The Morgan fingerprint density at radius 3 is 2.48 bits per heavy atom. The SMILES string of the molecule is CC(C(=O)NC1CCN(Cc2ccccc2)CC1)N1CCCc2c(N)cccc21.Cl.Cl. The molecule has 1 saturated heterocycles. The molecule has 3 N–H and O–H groups in total. The number of halogens is 2. The van der Waals surface area contributed by atoms with Gasteiger partial charge in [0.15, 0.2) is 0 Å². The Morgan fingerprint density at radius 2 is 1.77 bits per heavy atom. The summed E-state index contributed by atoms with van der Waals surface area (Å²) >= 11 is 0. The van der Waals surface area contributed by atoms with Crippen molar-refractivity contribution in [2.45, 2.75) is 51.2 Å². The lowest BCUT2D eigenvalue weighted by Gasteiger charge is -2.37. The van der Waals surface area contributed by atoms with Gasteiger partial charge in [-0.3, -0.25) is 9.69 Å². The zero-order valence-electron chi connectivity index (χ0n) is 18.1. The summed E-state index contributed by atoms with van der Waals surface area (Å²) in [5, 5.41) is 3.31. The Balaban J connectivity index is 0.00000171. The molecule has 0 aromatic heterocycles. The highest BCUT2D eigenvalue weighted by Gasteiger charge is 2.29. The van der Waals surface area contributed by atoms with Crippen LogP contribution in [0.3, 0.4) is 0 Å². The predicted octanol–water partition coefficient (Wildman–Crippen LogP) is 4.03. The van der Waals surface area contributed by atoms with Crippen molar-refractivity contribution < 1.29 is 4.79 Å². The molecule has 0 aliphatic carbocycles. The maximum Gasteiger partial charge on any atom is 0.242 e. The van der Waals surface area contributed by atoms with E-state index < -0.39 is 0 Å². The van der Waals surface area contributed by atoms with Gasteiger partial charge in [-0.1, -0.05) is 36.4 Å². The molecule has 31 heavy (non-hydrogen) atoms. The topological polar surface area (TPSA) is 61.6 Å². The van der Waals surface area contributed by atoms with Crippen molar-refractivity contribution in [2.75, 3.05) is 30.3 Å². The van der Waals surface area contributed by atoms with Crippen LogP contribution in [-0.2, 0) is 17.8 Å². The van der Waals surface area contributed by atoms with Crippen molar-refractivity contribution in [1.29, 1.82) is 0 Å². The predicted molar refractivity (Wildman–Crippen MR) is 133 cm³/mol. The number of carbonyl (C=O) groups excluding carboxylic acids is 1. The maximum absolute atomic E-state index is 13.0. The van der Waals surface area contributed by atoms with Crippen LogP contribution >= 0.6 is 24.8 Å². The molecule has 5 nitrogen and oxygen atoms in total. The van der Waals surface area contributed by atoms with Gasteiger partial charge < -0.3 is 16.0 Å². The van der Waals surface area contributed by atoms with Gasteiger partial charge in [0.05, 0.1) is 0 Å². The van der Waals surface area contributed by atoms with Crippen molar-refractivity contribution in [3.63, 3.8) is 0 Å². The second-order valence-corrected chi connectivity index (χ2v) is 8.36. The molecule has 2 aromatic carbocycles. The zero-order valence-corrected chi connectivity index (χ0v) is 19.8. The van der Waals surface area contributed by atoms with Crippen LogP contribution in [0.25, 0.3) is 0 Å². The molecule has 1 unspecified atom stereocenters. The van der Waals surface area contributed by atoms with Crippen LogP contribution < -0.4 is 16.0 Å². The number of hydrogen-bond acceptors (Lipinski definition) is 4. The number of anilines is 2. The minimum absolute atomic E-state index is 0. The van der Waals surface area contributed by atoms with Gasteiger partial charge in [0, 0.05) is 43.6 Å². The fourth-order valence-corrected chi connectivity index (χ4v) is 4.62. The third-order valence-electron chi connectivity index (χ3n) is 6.35. The van der Waals surface area contributed by atoms with Gasteiger partial charge in [-0.15, -0.1) is 24.8 Å². The maximum atomic E-state index is 13.0. The largest absolute Gasteiger partial charge is 0.398 e. The lowest BCUT2D eigenvalue weighted by molar-refractivity contribution is -0.123. The van der Waals surface area contributed by atoms with E-state index in [-0.39, 0.29) is 42.8 Å². The van der Waals surface area contributed by atoms with Crippen LogP contribution in [0.2, 0.25) is 0 Å². The normalized spacial score (nSPS) is 17.6. The van der Waals surface area contributed by atoms with E-state index in [0.29, 0.717) is 0 Å². The molecule has 1 fully saturated rings. The van der Waals surface area contributed by atoms with Gasteiger partial charge >= 0.3 is 0 Å². The Labute approximate surface area is 198 Å². The molecular weight excluding hydrogens is 431 g/mol. The molecular formula is C24H34Cl2N4O. The molecule has 1 amide bonds. The molecule has 0 radical (unpaired) electrons. The van der Waals surface area contributed by atoms with Crippen LogP contribution in [0, 0.1) is 0 Å². The molecule has 4 rings (SSSR count). The quantitative estimate of drug-likeness (QED) is 0.655. The molecule has 2 aromatic rings. The van der Waals surface area contributed by atoms with Gasteiger partial charge in [0.1, 0.15) is 6.04 Å². The Kier molecular flexibility index (Phi) is 9.48. The molecule has 2 heterocycles. The molecule has 2 aliphatic rings. The van der Waals surface area contributed by atoms with Crippen molar-refractivity contribution in [3.8, 4) is 0 Å². The van der Waals surface area contributed by atoms with Crippen LogP contribution in [0.4, 0.5) is 11.4 Å². The van der Waals surface area contributed by atoms with E-state index in [4.69, 9.17) is 5.73 Å². The first-order valence-corrected chi connectivity index (χ1v) is 10.8. The second kappa shape index (κ2) is 11.6. The van der Waals surface area contributed by atoms with E-state index in [9.17, 15) is 4.79 Å². The van der Waals surface area contributed by atoms with E-state index in [1.165, 1.54) is 11.1 Å². The number of nitrogens with one attached hydrogen (secondary N) is 1. The Bertz CT molecular complexity index is 841. The van der Waals surface area contributed by atoms with Crippen LogP contribution in [0.5, 0.6) is 0 Å². The smallest absolute Gasteiger partial charge is 0.242 e. The van der Waals surface area contributed by atoms with Gasteiger partial charge in [-0.05, 0) is 55.9 Å². The second-order valence-electron chi connectivity index (χ2n) is 8.36. The summed E-state index contributed by atoms with van der Waals surface area (Å²) in [5.41, 5.74) is 10.7. The Hall–Kier alpha value is -1.95. The van der Waals surface area contributed by atoms with Crippen molar-refractivity contribution >= 4 is 42.1 Å². The summed E-state index contributed by atoms with van der Waals surface area (Å²) in [6.07, 6.45) is 4.05. The third-order valence-corrected chi connectivity index (χ3v) is 6.35. The average Bonchev–Trinajstić information content (AvgIpc) is 2.75. The van der Waals surface area contributed by atoms with Gasteiger partial charge in [0.25, 0.3) is 0 Å². The van der Waals surface area contributed by atoms with Gasteiger partial charge in [-0.25, -0.2) is 0 Å². The number of benzene rings is 2. The fourth-order valence-electron chi connectivity index (χ4n) is 4.62. The third kappa shape index (κ3) is 6.06. The molecule has 0 saturated carbocycles. The highest BCUT2D eigenvalue weighted by atomic mass is 35.5. The average molecular weight is 465 g/mol. The lowest BCUT2D eigenvalue weighted by Crippen LogP contribution is -2.52. The van der Waals surface area contributed by atoms with E-state index in [1.54, 1.807) is 0 Å². The number of piperidine rings is 1. The van der Waals surface area contributed by atoms with Crippen LogP contribution in [-0.4, -0.2) is 42.5 Å². The molecule has 1 atom stereocenters. The number of amides is 1. The van der Waals surface area contributed by atoms with Crippen molar-refractivity contribution in [2.24, 2.45) is 0 Å². The summed E-state index contributed by atoms with van der Waals surface area (Å²) < 4.78 is 0. The summed E-state index contributed by atoms with van der Waals surface area (Å²) in [6.45, 7) is 5.96. The standard InChI is InChI=1S/C24H32N4O.2ClH/c1-18(28-14-6-9-21-22(25)10-5-11-23(21)28)24(29)26-20-12-15-27(16-13-20)17-19-7-3-2-4-8-19;;/h2-5,7-8,10-11,18,20H,6,9,12-17,25H2,1H3,(H,26,29);2*1H. The first-order chi connectivity index (χ1) is 14.1. The minimum Gasteiger partial charge on any atom is -0.398 e. The summed E-state index contributed by atoms with van der Waals surface area (Å²) in [4.78, 5) is 17.7. The Morgan fingerprint density at radius 1 is 1.06 bits per heavy atom. The monoisotopic (exact) mass is 464 g/mol. The van der Waals surface area contributed by atoms with Crippen LogP contribution in [0.1, 0.15) is 37.3 Å². The van der Waals surface area contributed by atoms with Crippen molar-refractivity contribution in [1.82, 2.24) is 10.2 Å². The summed E-state index contributed by atoms with van der Waals surface area (Å²) in [7, 11) is 0. The number of likely N-dealkylation sites (tertiary alicyclic amines) is 1. The minimum atomic E-state index is -0.182. The number of fused-ring (bicyclic) bond motifs is 1. The van der Waals surface area contributed by atoms with Crippen molar-refractivity contribution in [3.05, 3.63) is 59.7 Å². The number of carbonyl (C=O) groups is 1. The number of nitrogens with zero attached hydrogens (tertiary/aromatic N) is 2. The fraction of sp³-hybridized carbons (Fsp3) is 0.458. The summed E-state index contributed by atoms with van der Waals surface area (Å²) in [5.74, 6) is 0.127.